The van der Waals surface area contributed by atoms with Gasteiger partial charge in [-0.05, 0) is 120 Å². The molecular formula is C36H52N2O3. The molecule has 4 fully saturated rings. The molecule has 2 N–H and O–H groups in total. The number of aromatic nitrogens is 1. The van der Waals surface area contributed by atoms with E-state index in [1.54, 1.807) is 6.20 Å². The molecule has 8 atom stereocenters. The molecule has 1 aromatic heterocycles. The minimum atomic E-state index is -0.725. The Morgan fingerprint density at radius 3 is 2.41 bits per heavy atom. The van der Waals surface area contributed by atoms with Gasteiger partial charge in [0.1, 0.15) is 0 Å². The molecule has 5 aliphatic carbocycles. The van der Waals surface area contributed by atoms with E-state index in [1.807, 2.05) is 18.2 Å². The van der Waals surface area contributed by atoms with Crippen molar-refractivity contribution in [2.24, 2.45) is 50.7 Å². The van der Waals surface area contributed by atoms with E-state index >= 15 is 0 Å². The van der Waals surface area contributed by atoms with Gasteiger partial charge in [0, 0.05) is 12.6 Å². The predicted molar refractivity (Wildman–Crippen MR) is 162 cm³/mol. The maximum Gasteiger partial charge on any atom is 0.231 e. The van der Waals surface area contributed by atoms with Crippen LogP contribution < -0.4 is 5.32 Å². The Morgan fingerprint density at radius 2 is 1.73 bits per heavy atom. The number of nitrogens with zero attached hydrogens (tertiary/aromatic N) is 1. The molecule has 224 valence electrons. The molecular weight excluding hydrogens is 508 g/mol. The number of pyridine rings is 1. The number of hydrogen-bond acceptors (Lipinski definition) is 4. The van der Waals surface area contributed by atoms with E-state index in [-0.39, 0.29) is 51.3 Å². The third kappa shape index (κ3) is 3.85. The number of nitrogens with one attached hydrogen (secondary N) is 1. The predicted octanol–water partition coefficient (Wildman–Crippen LogP) is 7.04. The van der Waals surface area contributed by atoms with Crippen LogP contribution in [0.5, 0.6) is 0 Å². The normalized spacial score (nSPS) is 43.2. The SMILES string of the molecule is CC(C)C1=C2[C@H]3CC[C@@H]4[C@@]5(C)CC[C@H](O)C(C)(C)[C@@H]5CC[C@@]4(C)[C@]3(C)CC[C@@]2(C(=O)NCc2ccccn2)CC1=O. The first-order chi connectivity index (χ1) is 19.2. The Kier molecular flexibility index (Phi) is 6.73. The number of carbonyl (C=O) groups excluding carboxylic acids is 2. The van der Waals surface area contributed by atoms with Gasteiger partial charge in [-0.25, -0.2) is 0 Å². The molecule has 5 aliphatic rings. The molecule has 0 saturated heterocycles. The standard InChI is InChI=1S/C36H52N2O3/c1-22(2)29-25(39)20-36(31(41)38-21-23-10-8-9-19-37-23)18-17-34(6)24(30(29)36)11-12-27-33(5)15-14-28(40)32(3,4)26(33)13-16-35(27,34)7/h8-10,19,22,24,26-28,40H,11-18,20-21H2,1-7H3,(H,38,41)/t24-,26+,27-,28+,33+,34-,35-,36-/m1/s1. The van der Waals surface area contributed by atoms with Crippen molar-refractivity contribution in [2.45, 2.75) is 119 Å². The summed E-state index contributed by atoms with van der Waals surface area (Å²) in [5.41, 5.74) is 2.59. The molecule has 0 spiro atoms. The van der Waals surface area contributed by atoms with Crippen LogP contribution >= 0.6 is 0 Å². The summed E-state index contributed by atoms with van der Waals surface area (Å²) < 4.78 is 0. The summed E-state index contributed by atoms with van der Waals surface area (Å²) in [5.74, 6) is 1.70. The van der Waals surface area contributed by atoms with Gasteiger partial charge in [-0.3, -0.25) is 14.6 Å². The number of allylic oxidation sites excluding steroid dienone is 1. The molecule has 41 heavy (non-hydrogen) atoms. The highest BCUT2D eigenvalue weighted by Crippen LogP contribution is 2.76. The van der Waals surface area contributed by atoms with Gasteiger partial charge in [0.15, 0.2) is 5.78 Å². The first-order valence-corrected chi connectivity index (χ1v) is 16.4. The molecule has 1 aromatic rings. The zero-order valence-electron chi connectivity index (χ0n) is 26.5. The highest BCUT2D eigenvalue weighted by molar-refractivity contribution is 6.06. The summed E-state index contributed by atoms with van der Waals surface area (Å²) in [6.45, 7) is 16.9. The van der Waals surface area contributed by atoms with E-state index in [0.29, 0.717) is 24.8 Å². The topological polar surface area (TPSA) is 79.3 Å². The Bertz CT molecular complexity index is 1270. The Hall–Kier alpha value is -2.01. The minimum absolute atomic E-state index is 0.0233. The third-order valence-electron chi connectivity index (χ3n) is 14.0. The summed E-state index contributed by atoms with van der Waals surface area (Å²) in [5, 5.41) is 14.2. The number of aliphatic hydroxyl groups is 1. The lowest BCUT2D eigenvalue weighted by Gasteiger charge is -2.72. The van der Waals surface area contributed by atoms with E-state index in [9.17, 15) is 14.7 Å². The van der Waals surface area contributed by atoms with Crippen LogP contribution in [0, 0.1) is 50.7 Å². The Morgan fingerprint density at radius 1 is 0.976 bits per heavy atom. The average Bonchev–Trinajstić information content (AvgIpc) is 3.24. The molecule has 0 aliphatic heterocycles. The van der Waals surface area contributed by atoms with Crippen LogP contribution in [-0.4, -0.2) is 27.9 Å². The zero-order chi connectivity index (χ0) is 29.6. The quantitative estimate of drug-likeness (QED) is 0.414. The van der Waals surface area contributed by atoms with Gasteiger partial charge in [0.2, 0.25) is 5.91 Å². The lowest BCUT2D eigenvalue weighted by molar-refractivity contribution is -0.228. The fourth-order valence-corrected chi connectivity index (χ4v) is 11.7. The first-order valence-electron chi connectivity index (χ1n) is 16.4. The minimum Gasteiger partial charge on any atom is -0.393 e. The number of aliphatic hydroxyl groups excluding tert-OH is 1. The molecule has 5 nitrogen and oxygen atoms in total. The Balaban J connectivity index is 1.38. The maximum absolute atomic E-state index is 14.2. The number of fused-ring (bicyclic) bond motifs is 7. The van der Waals surface area contributed by atoms with Crippen molar-refractivity contribution in [1.82, 2.24) is 10.3 Å². The molecule has 0 unspecified atom stereocenters. The molecule has 4 saturated carbocycles. The molecule has 0 bridgehead atoms. The van der Waals surface area contributed by atoms with Crippen molar-refractivity contribution in [1.29, 1.82) is 0 Å². The second kappa shape index (κ2) is 9.49. The van der Waals surface area contributed by atoms with Crippen LogP contribution in [0.15, 0.2) is 35.5 Å². The van der Waals surface area contributed by atoms with E-state index in [4.69, 9.17) is 0 Å². The van der Waals surface area contributed by atoms with Crippen molar-refractivity contribution >= 4 is 11.7 Å². The lowest BCUT2D eigenvalue weighted by atomic mass is 9.33. The molecule has 1 heterocycles. The third-order valence-corrected chi connectivity index (χ3v) is 14.0. The van der Waals surface area contributed by atoms with Gasteiger partial charge in [0.25, 0.3) is 0 Å². The fraction of sp³-hybridized carbons (Fsp3) is 0.750. The second-order valence-corrected chi connectivity index (χ2v) is 16.2. The molecule has 6 rings (SSSR count). The molecule has 0 radical (unpaired) electrons. The summed E-state index contributed by atoms with van der Waals surface area (Å²) in [7, 11) is 0. The van der Waals surface area contributed by atoms with E-state index < -0.39 is 5.41 Å². The van der Waals surface area contributed by atoms with E-state index in [1.165, 1.54) is 5.57 Å². The number of carbonyl (C=O) groups is 2. The van der Waals surface area contributed by atoms with Crippen molar-refractivity contribution in [3.8, 4) is 0 Å². The van der Waals surface area contributed by atoms with Gasteiger partial charge in [-0.15, -0.1) is 0 Å². The molecule has 1 amide bonds. The largest absolute Gasteiger partial charge is 0.393 e. The van der Waals surface area contributed by atoms with Crippen LogP contribution in [0.2, 0.25) is 0 Å². The smallest absolute Gasteiger partial charge is 0.231 e. The lowest BCUT2D eigenvalue weighted by Crippen LogP contribution is -2.66. The van der Waals surface area contributed by atoms with Crippen molar-refractivity contribution in [2.75, 3.05) is 0 Å². The first kappa shape index (κ1) is 29.1. The maximum atomic E-state index is 14.2. The summed E-state index contributed by atoms with van der Waals surface area (Å²) in [6, 6.07) is 5.78. The van der Waals surface area contributed by atoms with Gasteiger partial charge in [0.05, 0.1) is 23.8 Å². The summed E-state index contributed by atoms with van der Waals surface area (Å²) in [6.07, 6.45) is 10.1. The molecule has 0 aromatic carbocycles. The van der Waals surface area contributed by atoms with E-state index in [2.05, 4.69) is 58.8 Å². The summed E-state index contributed by atoms with van der Waals surface area (Å²) >= 11 is 0. The van der Waals surface area contributed by atoms with Crippen LogP contribution in [-0.2, 0) is 16.1 Å². The van der Waals surface area contributed by atoms with Gasteiger partial charge in [-0.2, -0.15) is 0 Å². The number of ketones is 1. The van der Waals surface area contributed by atoms with Crippen molar-refractivity contribution < 1.29 is 14.7 Å². The van der Waals surface area contributed by atoms with Gasteiger partial charge in [-0.1, -0.05) is 54.5 Å². The van der Waals surface area contributed by atoms with Crippen LogP contribution in [0.25, 0.3) is 0 Å². The van der Waals surface area contributed by atoms with Gasteiger partial charge >= 0.3 is 0 Å². The number of amides is 1. The van der Waals surface area contributed by atoms with Crippen LogP contribution in [0.4, 0.5) is 0 Å². The second-order valence-electron chi connectivity index (χ2n) is 16.2. The number of Topliss-reactive ketones (excluding diaryl/α,β-unsaturated/α-hetero) is 1. The zero-order valence-corrected chi connectivity index (χ0v) is 26.5. The molecule has 5 heteroatoms. The highest BCUT2D eigenvalue weighted by Gasteiger charge is 2.70. The number of rotatable bonds is 4. The van der Waals surface area contributed by atoms with Crippen molar-refractivity contribution in [3.05, 3.63) is 41.2 Å². The summed E-state index contributed by atoms with van der Waals surface area (Å²) in [4.78, 5) is 32.4. The van der Waals surface area contributed by atoms with Crippen molar-refractivity contribution in [3.63, 3.8) is 0 Å². The van der Waals surface area contributed by atoms with E-state index in [0.717, 1.165) is 62.6 Å². The van der Waals surface area contributed by atoms with Gasteiger partial charge < -0.3 is 10.4 Å². The van der Waals surface area contributed by atoms with Crippen LogP contribution in [0.3, 0.4) is 0 Å². The average molecular weight is 561 g/mol. The Labute approximate surface area is 247 Å². The van der Waals surface area contributed by atoms with Crippen LogP contribution in [0.1, 0.15) is 112 Å². The fourth-order valence-electron chi connectivity index (χ4n) is 11.7. The number of hydrogen-bond donors (Lipinski definition) is 2. The highest BCUT2D eigenvalue weighted by atomic mass is 16.3. The monoisotopic (exact) mass is 560 g/mol.